The average molecular weight is 202 g/mol. The summed E-state index contributed by atoms with van der Waals surface area (Å²) in [5.41, 5.74) is 0. The molecule has 0 amide bonds. The highest BCUT2D eigenvalue weighted by Crippen LogP contribution is 2.23. The minimum Gasteiger partial charge on any atom is -0.372 e. The second kappa shape index (κ2) is 5.42. The van der Waals surface area contributed by atoms with E-state index in [1.807, 2.05) is 0 Å². The quantitative estimate of drug-likeness (QED) is 0.602. The van der Waals surface area contributed by atoms with E-state index in [1.165, 1.54) is 0 Å². The molecule has 0 radical (unpaired) electrons. The molecule has 0 fully saturated rings. The number of rotatable bonds is 6. The summed E-state index contributed by atoms with van der Waals surface area (Å²) in [5.74, 6) is -3.72. The number of hydrogen-bond acceptors (Lipinski definition) is 1. The summed E-state index contributed by atoms with van der Waals surface area (Å²) in [4.78, 5) is 0. The molecule has 0 rings (SSSR count). The van der Waals surface area contributed by atoms with Gasteiger partial charge >= 0.3 is 5.92 Å². The molecule has 5 heteroatoms. The first-order chi connectivity index (χ1) is 5.94. The maximum atomic E-state index is 12.6. The van der Waals surface area contributed by atoms with Crippen molar-refractivity contribution >= 4 is 0 Å². The van der Waals surface area contributed by atoms with Crippen molar-refractivity contribution in [3.8, 4) is 0 Å². The highest BCUT2D eigenvalue weighted by molar-refractivity contribution is 4.76. The Bertz CT molecular complexity index is 140. The van der Waals surface area contributed by atoms with Crippen LogP contribution >= 0.6 is 0 Å². The first kappa shape index (κ1) is 12.7. The third kappa shape index (κ3) is 4.45. The Kier molecular flexibility index (Phi) is 5.29. The van der Waals surface area contributed by atoms with E-state index in [9.17, 15) is 17.6 Å². The highest BCUT2D eigenvalue weighted by Gasteiger charge is 2.40. The van der Waals surface area contributed by atoms with Crippen LogP contribution in [0.1, 0.15) is 20.3 Å². The van der Waals surface area contributed by atoms with Gasteiger partial charge < -0.3 is 4.74 Å². The van der Waals surface area contributed by atoms with Crippen molar-refractivity contribution in [2.45, 2.75) is 38.5 Å². The van der Waals surface area contributed by atoms with Crippen LogP contribution in [0.5, 0.6) is 0 Å². The third-order valence-electron chi connectivity index (χ3n) is 1.73. The van der Waals surface area contributed by atoms with E-state index in [1.54, 1.807) is 13.8 Å². The average Bonchev–Trinajstić information content (AvgIpc) is 2.12. The molecule has 80 valence electrons. The summed E-state index contributed by atoms with van der Waals surface area (Å²) in [6.07, 6.45) is -2.57. The molecule has 0 spiro atoms. The molecule has 0 aromatic rings. The van der Waals surface area contributed by atoms with Crippen molar-refractivity contribution in [1.82, 2.24) is 0 Å². The van der Waals surface area contributed by atoms with E-state index in [4.69, 9.17) is 0 Å². The highest BCUT2D eigenvalue weighted by atomic mass is 19.3. The fraction of sp³-hybridized carbons (Fsp3) is 1.00. The Morgan fingerprint density at radius 3 is 2.31 bits per heavy atom. The van der Waals surface area contributed by atoms with Crippen LogP contribution in [-0.2, 0) is 4.74 Å². The zero-order chi connectivity index (χ0) is 10.5. The molecule has 0 N–H and O–H groups in total. The van der Waals surface area contributed by atoms with Crippen molar-refractivity contribution < 1.29 is 22.3 Å². The summed E-state index contributed by atoms with van der Waals surface area (Å²) in [7, 11) is 0. The summed E-state index contributed by atoms with van der Waals surface area (Å²) in [6.45, 7) is 0.605. The maximum Gasteiger partial charge on any atom is 0.304 e. The van der Waals surface area contributed by atoms with E-state index in [2.05, 4.69) is 4.74 Å². The van der Waals surface area contributed by atoms with Crippen LogP contribution < -0.4 is 0 Å². The topological polar surface area (TPSA) is 9.23 Å². The van der Waals surface area contributed by atoms with Gasteiger partial charge in [-0.05, 0) is 13.3 Å². The Labute approximate surface area is 75.1 Å². The van der Waals surface area contributed by atoms with E-state index < -0.39 is 25.4 Å². The number of ether oxygens (including phenoxy) is 1. The Morgan fingerprint density at radius 1 is 1.38 bits per heavy atom. The van der Waals surface area contributed by atoms with Gasteiger partial charge in [-0.25, -0.2) is 17.6 Å². The summed E-state index contributed by atoms with van der Waals surface area (Å²) >= 11 is 0. The molecule has 2 unspecified atom stereocenters. The molecule has 0 aliphatic carbocycles. The third-order valence-corrected chi connectivity index (χ3v) is 1.73. The molecule has 2 atom stereocenters. The Hall–Kier alpha value is -0.320. The van der Waals surface area contributed by atoms with Gasteiger partial charge in [0.05, 0.1) is 6.10 Å². The van der Waals surface area contributed by atoms with Gasteiger partial charge in [0.25, 0.3) is 0 Å². The van der Waals surface area contributed by atoms with Crippen LogP contribution in [0, 0.1) is 0 Å². The van der Waals surface area contributed by atoms with Crippen molar-refractivity contribution in [3.63, 3.8) is 0 Å². The van der Waals surface area contributed by atoms with Gasteiger partial charge in [-0.3, -0.25) is 0 Å². The van der Waals surface area contributed by atoms with Gasteiger partial charge in [-0.1, -0.05) is 6.92 Å². The predicted octanol–water partition coefficient (Wildman–Crippen LogP) is 2.74. The van der Waals surface area contributed by atoms with E-state index in [-0.39, 0.29) is 6.10 Å². The van der Waals surface area contributed by atoms with Crippen LogP contribution in [-0.4, -0.2) is 31.5 Å². The summed E-state index contributed by atoms with van der Waals surface area (Å²) in [6, 6.07) is 0. The molecule has 0 aromatic heterocycles. The minimum absolute atomic E-state index is 0.363. The predicted molar refractivity (Wildman–Crippen MR) is 41.5 cm³/mol. The van der Waals surface area contributed by atoms with Gasteiger partial charge in [0.1, 0.15) is 13.3 Å². The maximum absolute atomic E-state index is 12.6. The molecule has 0 saturated heterocycles. The Morgan fingerprint density at radius 2 is 1.92 bits per heavy atom. The molecule has 0 aromatic carbocycles. The first-order valence-electron chi connectivity index (χ1n) is 4.13. The fourth-order valence-electron chi connectivity index (χ4n) is 0.575. The summed E-state index contributed by atoms with van der Waals surface area (Å²) in [5, 5.41) is 0. The molecular formula is C8H14F4O. The van der Waals surface area contributed by atoms with Crippen LogP contribution in [0.25, 0.3) is 0 Å². The van der Waals surface area contributed by atoms with Gasteiger partial charge in [-0.2, -0.15) is 0 Å². The van der Waals surface area contributed by atoms with E-state index in [0.717, 1.165) is 0 Å². The zero-order valence-electron chi connectivity index (χ0n) is 7.70. The molecule has 0 heterocycles. The zero-order valence-corrected chi connectivity index (χ0v) is 7.70. The van der Waals surface area contributed by atoms with Gasteiger partial charge in [-0.15, -0.1) is 0 Å². The molecule has 0 saturated carbocycles. The Balaban J connectivity index is 3.88. The minimum atomic E-state index is -3.72. The number of alkyl halides is 4. The van der Waals surface area contributed by atoms with Crippen LogP contribution in [0.2, 0.25) is 0 Å². The van der Waals surface area contributed by atoms with Gasteiger partial charge in [0, 0.05) is 0 Å². The van der Waals surface area contributed by atoms with Crippen LogP contribution in [0.4, 0.5) is 17.6 Å². The van der Waals surface area contributed by atoms with E-state index in [0.29, 0.717) is 6.42 Å². The lowest BCUT2D eigenvalue weighted by Gasteiger charge is -2.20. The van der Waals surface area contributed by atoms with Crippen molar-refractivity contribution in [2.24, 2.45) is 0 Å². The smallest absolute Gasteiger partial charge is 0.304 e. The molecule has 0 aliphatic rings. The van der Waals surface area contributed by atoms with E-state index >= 15 is 0 Å². The molecule has 0 bridgehead atoms. The lowest BCUT2D eigenvalue weighted by Crippen LogP contribution is -2.37. The van der Waals surface area contributed by atoms with Crippen molar-refractivity contribution in [2.75, 3.05) is 13.3 Å². The normalized spacial score (nSPS) is 17.1. The largest absolute Gasteiger partial charge is 0.372 e. The number of halogens is 4. The van der Waals surface area contributed by atoms with Crippen LogP contribution in [0.15, 0.2) is 0 Å². The first-order valence-corrected chi connectivity index (χ1v) is 4.13. The lowest BCUT2D eigenvalue weighted by molar-refractivity contribution is -0.141. The van der Waals surface area contributed by atoms with Crippen LogP contribution in [0.3, 0.4) is 0 Å². The molecule has 13 heavy (non-hydrogen) atoms. The van der Waals surface area contributed by atoms with Crippen molar-refractivity contribution in [1.29, 1.82) is 0 Å². The molecular weight excluding hydrogens is 188 g/mol. The van der Waals surface area contributed by atoms with Gasteiger partial charge in [0.15, 0.2) is 6.17 Å². The molecule has 0 aliphatic heterocycles. The standard InChI is InChI=1S/C8H14F4O/c1-3-6(2)13-5-8(11,12)7(10)4-9/h6-7H,3-5H2,1-2H3. The van der Waals surface area contributed by atoms with Gasteiger partial charge in [0.2, 0.25) is 0 Å². The molecule has 1 nitrogen and oxygen atoms in total. The lowest BCUT2D eigenvalue weighted by atomic mass is 10.2. The number of hydrogen-bond donors (Lipinski definition) is 0. The monoisotopic (exact) mass is 202 g/mol. The fourth-order valence-corrected chi connectivity index (χ4v) is 0.575. The summed E-state index contributed by atoms with van der Waals surface area (Å²) < 4.78 is 53.6. The SMILES string of the molecule is CCC(C)OCC(F)(F)C(F)CF. The second-order valence-corrected chi connectivity index (χ2v) is 2.91. The second-order valence-electron chi connectivity index (χ2n) is 2.91. The van der Waals surface area contributed by atoms with Crippen molar-refractivity contribution in [3.05, 3.63) is 0 Å².